The topological polar surface area (TPSA) is 99.8 Å². The van der Waals surface area contributed by atoms with Crippen molar-refractivity contribution < 1.29 is 4.79 Å². The van der Waals surface area contributed by atoms with Crippen LogP contribution in [0, 0.1) is 0 Å². The molecule has 0 saturated heterocycles. The van der Waals surface area contributed by atoms with Gasteiger partial charge in [-0.1, -0.05) is 12.1 Å². The minimum absolute atomic E-state index is 0.0451. The second kappa shape index (κ2) is 3.99. The molecule has 1 atom stereocenters. The van der Waals surface area contributed by atoms with E-state index in [0.717, 1.165) is 6.42 Å². The number of nitrogens with zero attached hydrogens (tertiary/aromatic N) is 3. The van der Waals surface area contributed by atoms with Crippen molar-refractivity contribution in [3.8, 4) is 0 Å². The smallest absolute Gasteiger partial charge is 0.239 e. The maximum Gasteiger partial charge on any atom is 0.239 e. The van der Waals surface area contributed by atoms with Gasteiger partial charge in [-0.15, -0.1) is 5.10 Å². The number of amides is 1. The molecule has 6 nitrogen and oxygen atoms in total. The lowest BCUT2D eigenvalue weighted by Gasteiger charge is -2.01. The Hall–Kier alpha value is -1.43. The number of carbonyl (C=O) groups is 1. The van der Waals surface area contributed by atoms with E-state index >= 15 is 0 Å². The van der Waals surface area contributed by atoms with Crippen LogP contribution in [0.15, 0.2) is 6.20 Å². The number of hydrogen-bond acceptors (Lipinski definition) is 4. The van der Waals surface area contributed by atoms with Crippen LogP contribution in [-0.4, -0.2) is 20.9 Å². The first-order chi connectivity index (χ1) is 6.13. The molecule has 6 heteroatoms. The van der Waals surface area contributed by atoms with E-state index in [4.69, 9.17) is 11.5 Å². The molecule has 1 aromatic rings. The fraction of sp³-hybridized carbons (Fsp3) is 0.571. The van der Waals surface area contributed by atoms with Gasteiger partial charge in [-0.25, -0.2) is 4.68 Å². The highest BCUT2D eigenvalue weighted by Gasteiger charge is 2.08. The van der Waals surface area contributed by atoms with Gasteiger partial charge >= 0.3 is 0 Å². The lowest BCUT2D eigenvalue weighted by atomic mass is 10.2. The first-order valence-electron chi connectivity index (χ1n) is 4.07. The molecule has 0 aliphatic rings. The van der Waals surface area contributed by atoms with Gasteiger partial charge in [-0.2, -0.15) is 0 Å². The Labute approximate surface area is 75.9 Å². The molecule has 0 bridgehead atoms. The zero-order chi connectivity index (χ0) is 9.84. The van der Waals surface area contributed by atoms with Crippen LogP contribution >= 0.6 is 0 Å². The number of nitrogens with two attached hydrogens (primary N) is 2. The van der Waals surface area contributed by atoms with Crippen molar-refractivity contribution in [2.24, 2.45) is 11.5 Å². The summed E-state index contributed by atoms with van der Waals surface area (Å²) in [6.45, 7) is 2.00. The summed E-state index contributed by atoms with van der Waals surface area (Å²) in [5.41, 5.74) is 11.4. The van der Waals surface area contributed by atoms with Crippen molar-refractivity contribution in [2.75, 3.05) is 0 Å². The number of primary amides is 1. The molecule has 1 unspecified atom stereocenters. The highest BCUT2D eigenvalue weighted by Crippen LogP contribution is 2.08. The molecular weight excluding hydrogens is 170 g/mol. The van der Waals surface area contributed by atoms with Crippen molar-refractivity contribution in [1.82, 2.24) is 15.0 Å². The van der Waals surface area contributed by atoms with E-state index in [1.165, 1.54) is 4.68 Å². The molecule has 1 aromatic heterocycles. The first kappa shape index (κ1) is 9.66. The van der Waals surface area contributed by atoms with Gasteiger partial charge in [0.15, 0.2) is 0 Å². The van der Waals surface area contributed by atoms with Gasteiger partial charge < -0.3 is 11.5 Å². The molecule has 0 aromatic carbocycles. The number of aromatic nitrogens is 3. The zero-order valence-electron chi connectivity index (χ0n) is 7.47. The van der Waals surface area contributed by atoms with Gasteiger partial charge in [0.25, 0.3) is 0 Å². The minimum atomic E-state index is -0.443. The SMILES string of the molecule is CCC(N)c1cn(CC(N)=O)nn1. The fourth-order valence-corrected chi connectivity index (χ4v) is 0.929. The third-order valence-electron chi connectivity index (χ3n) is 1.69. The monoisotopic (exact) mass is 183 g/mol. The largest absolute Gasteiger partial charge is 0.368 e. The Morgan fingerprint density at radius 2 is 2.46 bits per heavy atom. The van der Waals surface area contributed by atoms with Crippen molar-refractivity contribution in [3.63, 3.8) is 0 Å². The summed E-state index contributed by atoms with van der Waals surface area (Å²) in [7, 11) is 0. The van der Waals surface area contributed by atoms with E-state index < -0.39 is 5.91 Å². The van der Waals surface area contributed by atoms with E-state index in [1.54, 1.807) is 6.20 Å². The van der Waals surface area contributed by atoms with Gasteiger partial charge in [-0.05, 0) is 6.42 Å². The Bertz CT molecular complexity index is 295. The third-order valence-corrected chi connectivity index (χ3v) is 1.69. The average molecular weight is 183 g/mol. The van der Waals surface area contributed by atoms with Gasteiger partial charge in [0.1, 0.15) is 6.54 Å². The van der Waals surface area contributed by atoms with Gasteiger partial charge in [0.05, 0.1) is 17.9 Å². The lowest BCUT2D eigenvalue weighted by Crippen LogP contribution is -2.19. The molecule has 0 aliphatic carbocycles. The molecule has 0 saturated carbocycles. The molecule has 0 fully saturated rings. The highest BCUT2D eigenvalue weighted by atomic mass is 16.1. The Kier molecular flexibility index (Phi) is 2.97. The van der Waals surface area contributed by atoms with Crippen molar-refractivity contribution in [2.45, 2.75) is 25.9 Å². The first-order valence-corrected chi connectivity index (χ1v) is 4.07. The second-order valence-corrected chi connectivity index (χ2v) is 2.82. The summed E-state index contributed by atoms with van der Waals surface area (Å²) in [6, 6.07) is -0.123. The zero-order valence-corrected chi connectivity index (χ0v) is 7.47. The quantitative estimate of drug-likeness (QED) is 0.636. The minimum Gasteiger partial charge on any atom is -0.368 e. The summed E-state index contributed by atoms with van der Waals surface area (Å²) in [5.74, 6) is -0.443. The Balaban J connectivity index is 2.68. The molecular formula is C7H13N5O. The van der Waals surface area contributed by atoms with Crippen molar-refractivity contribution >= 4 is 5.91 Å². The highest BCUT2D eigenvalue weighted by molar-refractivity contribution is 5.73. The van der Waals surface area contributed by atoms with Crippen LogP contribution in [0.5, 0.6) is 0 Å². The van der Waals surface area contributed by atoms with Crippen LogP contribution in [0.1, 0.15) is 25.1 Å². The molecule has 1 amide bonds. The molecule has 0 spiro atoms. The lowest BCUT2D eigenvalue weighted by molar-refractivity contribution is -0.118. The summed E-state index contributed by atoms with van der Waals surface area (Å²) < 4.78 is 1.38. The predicted octanol–water partition coefficient (Wildman–Crippen LogP) is -0.827. The van der Waals surface area contributed by atoms with Gasteiger partial charge in [0, 0.05) is 0 Å². The number of rotatable bonds is 4. The Morgan fingerprint density at radius 3 is 3.00 bits per heavy atom. The maximum atomic E-state index is 10.5. The average Bonchev–Trinajstić information content (AvgIpc) is 2.50. The fourth-order valence-electron chi connectivity index (χ4n) is 0.929. The Morgan fingerprint density at radius 1 is 1.77 bits per heavy atom. The summed E-state index contributed by atoms with van der Waals surface area (Å²) in [6.07, 6.45) is 2.42. The van der Waals surface area contributed by atoms with E-state index in [1.807, 2.05) is 6.92 Å². The predicted molar refractivity (Wildman–Crippen MR) is 46.4 cm³/mol. The number of hydrogen-bond donors (Lipinski definition) is 2. The molecule has 13 heavy (non-hydrogen) atoms. The van der Waals surface area contributed by atoms with Crippen LogP contribution < -0.4 is 11.5 Å². The molecule has 72 valence electrons. The second-order valence-electron chi connectivity index (χ2n) is 2.82. The standard InChI is InChI=1S/C7H13N5O/c1-2-5(8)6-3-12(11-10-6)4-7(9)13/h3,5H,2,4,8H2,1H3,(H2,9,13). The van der Waals surface area contributed by atoms with Crippen LogP contribution in [0.2, 0.25) is 0 Å². The summed E-state index contributed by atoms with van der Waals surface area (Å²) in [5, 5.41) is 7.53. The van der Waals surface area contributed by atoms with E-state index in [2.05, 4.69) is 10.3 Å². The van der Waals surface area contributed by atoms with Crippen molar-refractivity contribution in [1.29, 1.82) is 0 Å². The normalized spacial score (nSPS) is 12.8. The summed E-state index contributed by atoms with van der Waals surface area (Å²) >= 11 is 0. The van der Waals surface area contributed by atoms with Crippen LogP contribution in [0.4, 0.5) is 0 Å². The van der Waals surface area contributed by atoms with Crippen LogP contribution in [0.3, 0.4) is 0 Å². The van der Waals surface area contributed by atoms with E-state index in [-0.39, 0.29) is 12.6 Å². The molecule has 0 radical (unpaired) electrons. The van der Waals surface area contributed by atoms with Gasteiger partial charge in [0.2, 0.25) is 5.91 Å². The van der Waals surface area contributed by atoms with E-state index in [0.29, 0.717) is 5.69 Å². The van der Waals surface area contributed by atoms with E-state index in [9.17, 15) is 4.79 Å². The van der Waals surface area contributed by atoms with Crippen LogP contribution in [-0.2, 0) is 11.3 Å². The van der Waals surface area contributed by atoms with Crippen molar-refractivity contribution in [3.05, 3.63) is 11.9 Å². The third kappa shape index (κ3) is 2.51. The van der Waals surface area contributed by atoms with Crippen LogP contribution in [0.25, 0.3) is 0 Å². The van der Waals surface area contributed by atoms with Gasteiger partial charge in [-0.3, -0.25) is 4.79 Å². The molecule has 4 N–H and O–H groups in total. The molecule has 0 aliphatic heterocycles. The molecule has 1 heterocycles. The molecule has 1 rings (SSSR count). The summed E-state index contributed by atoms with van der Waals surface area (Å²) in [4.78, 5) is 10.5. The number of carbonyl (C=O) groups excluding carboxylic acids is 1. The maximum absolute atomic E-state index is 10.5.